The second-order valence-corrected chi connectivity index (χ2v) is 6.04. The number of rotatable bonds is 6. The van der Waals surface area contributed by atoms with Crippen LogP contribution in [0, 0.1) is 0 Å². The standard InChI is InChI=1S/C14H25F2N3O2.2ClH/c15-14(16,10-17)11-18-12(20)9-13(3-1-2-4-13)19-5-7-21-8-6-19;;/h1-11,17H2,(H,18,20);2*1H. The van der Waals surface area contributed by atoms with Gasteiger partial charge in [-0.3, -0.25) is 9.69 Å². The summed E-state index contributed by atoms with van der Waals surface area (Å²) in [4.78, 5) is 14.4. The Morgan fingerprint density at radius 2 is 1.78 bits per heavy atom. The van der Waals surface area contributed by atoms with Crippen molar-refractivity contribution >= 4 is 30.7 Å². The first-order chi connectivity index (χ1) is 9.97. The molecule has 0 aromatic carbocycles. The molecule has 0 unspecified atom stereocenters. The van der Waals surface area contributed by atoms with Crippen LogP contribution in [-0.2, 0) is 9.53 Å². The van der Waals surface area contributed by atoms with Crippen molar-refractivity contribution in [1.29, 1.82) is 0 Å². The molecule has 1 saturated heterocycles. The molecule has 0 atom stereocenters. The van der Waals surface area contributed by atoms with Gasteiger partial charge in [-0.1, -0.05) is 12.8 Å². The van der Waals surface area contributed by atoms with Crippen LogP contribution in [0.3, 0.4) is 0 Å². The molecule has 9 heteroatoms. The average molecular weight is 378 g/mol. The first kappa shape index (κ1) is 22.8. The van der Waals surface area contributed by atoms with Crippen LogP contribution in [0.15, 0.2) is 0 Å². The normalized spacial score (nSPS) is 21.2. The number of halogens is 4. The number of carbonyl (C=O) groups is 1. The van der Waals surface area contributed by atoms with Crippen molar-refractivity contribution in [2.24, 2.45) is 5.73 Å². The molecule has 1 aliphatic heterocycles. The molecule has 1 saturated carbocycles. The van der Waals surface area contributed by atoms with Gasteiger partial charge in [-0.2, -0.15) is 0 Å². The molecule has 23 heavy (non-hydrogen) atoms. The average Bonchev–Trinajstić information content (AvgIpc) is 2.96. The summed E-state index contributed by atoms with van der Waals surface area (Å²) in [5.74, 6) is -3.34. The van der Waals surface area contributed by atoms with Gasteiger partial charge < -0.3 is 15.8 Å². The van der Waals surface area contributed by atoms with E-state index in [0.29, 0.717) is 13.2 Å². The summed E-state index contributed by atoms with van der Waals surface area (Å²) in [7, 11) is 0. The van der Waals surface area contributed by atoms with Crippen molar-refractivity contribution in [3.8, 4) is 0 Å². The minimum absolute atomic E-state index is 0. The molecule has 0 spiro atoms. The summed E-state index contributed by atoms with van der Waals surface area (Å²) < 4.78 is 31.6. The van der Waals surface area contributed by atoms with E-state index in [9.17, 15) is 13.6 Å². The van der Waals surface area contributed by atoms with E-state index in [0.717, 1.165) is 38.8 Å². The summed E-state index contributed by atoms with van der Waals surface area (Å²) in [5, 5.41) is 2.34. The molecule has 1 heterocycles. The Morgan fingerprint density at radius 3 is 2.30 bits per heavy atom. The van der Waals surface area contributed by atoms with Crippen LogP contribution in [-0.4, -0.2) is 61.7 Å². The van der Waals surface area contributed by atoms with Gasteiger partial charge in [0.2, 0.25) is 5.91 Å². The van der Waals surface area contributed by atoms with Crippen molar-refractivity contribution in [3.63, 3.8) is 0 Å². The van der Waals surface area contributed by atoms with Gasteiger partial charge in [0.05, 0.1) is 26.3 Å². The molecular formula is C14H27Cl2F2N3O2. The minimum atomic E-state index is -3.03. The van der Waals surface area contributed by atoms with Crippen LogP contribution in [0.4, 0.5) is 8.78 Å². The Balaban J connectivity index is 0.00000242. The number of nitrogens with two attached hydrogens (primary N) is 1. The number of hydrogen-bond donors (Lipinski definition) is 2. The van der Waals surface area contributed by atoms with Gasteiger partial charge in [0, 0.05) is 25.0 Å². The lowest BCUT2D eigenvalue weighted by Crippen LogP contribution is -2.54. The van der Waals surface area contributed by atoms with Crippen molar-refractivity contribution < 1.29 is 18.3 Å². The molecule has 5 nitrogen and oxygen atoms in total. The molecule has 1 amide bonds. The summed E-state index contributed by atoms with van der Waals surface area (Å²) in [5.41, 5.74) is 4.80. The summed E-state index contributed by atoms with van der Waals surface area (Å²) in [6, 6.07) is 0. The highest BCUT2D eigenvalue weighted by Gasteiger charge is 2.42. The molecular weight excluding hydrogens is 351 g/mol. The number of morpholine rings is 1. The van der Waals surface area contributed by atoms with Crippen molar-refractivity contribution in [2.75, 3.05) is 39.4 Å². The number of nitrogens with zero attached hydrogens (tertiary/aromatic N) is 1. The zero-order chi connectivity index (χ0) is 15.3. The predicted molar refractivity (Wildman–Crippen MR) is 89.7 cm³/mol. The first-order valence-corrected chi connectivity index (χ1v) is 7.65. The number of ether oxygens (including phenoxy) is 1. The smallest absolute Gasteiger partial charge is 0.277 e. The second kappa shape index (κ2) is 9.93. The maximum Gasteiger partial charge on any atom is 0.277 e. The largest absolute Gasteiger partial charge is 0.379 e. The van der Waals surface area contributed by atoms with E-state index in [1.807, 2.05) is 0 Å². The van der Waals surface area contributed by atoms with Gasteiger partial charge in [-0.05, 0) is 12.8 Å². The monoisotopic (exact) mass is 377 g/mol. The second-order valence-electron chi connectivity index (χ2n) is 6.04. The van der Waals surface area contributed by atoms with Gasteiger partial charge in [-0.15, -0.1) is 24.8 Å². The van der Waals surface area contributed by atoms with E-state index in [-0.39, 0.29) is 42.7 Å². The van der Waals surface area contributed by atoms with Gasteiger partial charge in [0.1, 0.15) is 0 Å². The van der Waals surface area contributed by atoms with E-state index >= 15 is 0 Å². The lowest BCUT2D eigenvalue weighted by Gasteiger charge is -2.43. The quantitative estimate of drug-likeness (QED) is 0.737. The number of alkyl halides is 2. The maximum absolute atomic E-state index is 13.1. The van der Waals surface area contributed by atoms with Gasteiger partial charge in [-0.25, -0.2) is 8.78 Å². The summed E-state index contributed by atoms with van der Waals surface area (Å²) in [6.07, 6.45) is 4.36. The predicted octanol–water partition coefficient (Wildman–Crippen LogP) is 1.58. The van der Waals surface area contributed by atoms with E-state index in [1.54, 1.807) is 0 Å². The fourth-order valence-electron chi connectivity index (χ4n) is 3.34. The van der Waals surface area contributed by atoms with Crippen LogP contribution in [0.2, 0.25) is 0 Å². The highest BCUT2D eigenvalue weighted by Crippen LogP contribution is 2.38. The lowest BCUT2D eigenvalue weighted by molar-refractivity contribution is -0.127. The third-order valence-electron chi connectivity index (χ3n) is 4.55. The maximum atomic E-state index is 13.1. The number of nitrogens with one attached hydrogen (secondary N) is 1. The molecule has 2 aliphatic rings. The Hall–Kier alpha value is -0.210. The number of hydrogen-bond acceptors (Lipinski definition) is 4. The molecule has 0 aromatic rings. The fraction of sp³-hybridized carbons (Fsp3) is 0.929. The van der Waals surface area contributed by atoms with Crippen LogP contribution in [0.5, 0.6) is 0 Å². The highest BCUT2D eigenvalue weighted by molar-refractivity contribution is 5.85. The zero-order valence-corrected chi connectivity index (χ0v) is 14.8. The SMILES string of the molecule is Cl.Cl.NCC(F)(F)CNC(=O)CC1(N2CCOCC2)CCCC1. The van der Waals surface area contributed by atoms with E-state index in [4.69, 9.17) is 10.5 Å². The third kappa shape index (κ3) is 6.31. The summed E-state index contributed by atoms with van der Waals surface area (Å²) >= 11 is 0. The van der Waals surface area contributed by atoms with Crippen LogP contribution in [0.25, 0.3) is 0 Å². The van der Waals surface area contributed by atoms with E-state index < -0.39 is 19.0 Å². The highest BCUT2D eigenvalue weighted by atomic mass is 35.5. The van der Waals surface area contributed by atoms with E-state index in [2.05, 4.69) is 10.2 Å². The Kier molecular flexibility index (Phi) is 9.84. The summed E-state index contributed by atoms with van der Waals surface area (Å²) in [6.45, 7) is 1.55. The Labute approximate surface area is 148 Å². The van der Waals surface area contributed by atoms with Crippen LogP contribution < -0.4 is 11.1 Å². The van der Waals surface area contributed by atoms with Gasteiger partial charge >= 0.3 is 0 Å². The zero-order valence-electron chi connectivity index (χ0n) is 13.2. The molecule has 2 rings (SSSR count). The molecule has 0 bridgehead atoms. The Morgan fingerprint density at radius 1 is 1.22 bits per heavy atom. The van der Waals surface area contributed by atoms with Gasteiger partial charge in [0.25, 0.3) is 5.92 Å². The van der Waals surface area contributed by atoms with Gasteiger partial charge in [0.15, 0.2) is 0 Å². The number of carbonyl (C=O) groups excluding carboxylic acids is 1. The van der Waals surface area contributed by atoms with Crippen LogP contribution in [0.1, 0.15) is 32.1 Å². The molecule has 0 aromatic heterocycles. The molecule has 3 N–H and O–H groups in total. The topological polar surface area (TPSA) is 67.6 Å². The first-order valence-electron chi connectivity index (χ1n) is 7.65. The molecule has 1 aliphatic carbocycles. The lowest BCUT2D eigenvalue weighted by atomic mass is 9.90. The van der Waals surface area contributed by atoms with Crippen molar-refractivity contribution in [3.05, 3.63) is 0 Å². The van der Waals surface area contributed by atoms with Crippen LogP contribution >= 0.6 is 24.8 Å². The molecule has 2 fully saturated rings. The third-order valence-corrected chi connectivity index (χ3v) is 4.55. The number of amides is 1. The van der Waals surface area contributed by atoms with E-state index in [1.165, 1.54) is 0 Å². The van der Waals surface area contributed by atoms with Crippen molar-refractivity contribution in [1.82, 2.24) is 10.2 Å². The minimum Gasteiger partial charge on any atom is -0.379 e. The molecule has 0 radical (unpaired) electrons. The Bertz CT molecular complexity index is 364. The van der Waals surface area contributed by atoms with Crippen molar-refractivity contribution in [2.45, 2.75) is 43.6 Å². The molecule has 138 valence electrons. The fourth-order valence-corrected chi connectivity index (χ4v) is 3.34.